The van der Waals surface area contributed by atoms with Crippen LogP contribution in [-0.2, 0) is 27.5 Å². The van der Waals surface area contributed by atoms with Crippen molar-refractivity contribution < 1.29 is 18.7 Å². The highest BCUT2D eigenvalue weighted by molar-refractivity contribution is 5.85. The summed E-state index contributed by atoms with van der Waals surface area (Å²) in [5, 5.41) is 0.493. The summed E-state index contributed by atoms with van der Waals surface area (Å²) in [6.07, 6.45) is 1.07. The molecule has 1 aliphatic rings. The predicted octanol–water partition coefficient (Wildman–Crippen LogP) is 2.84. The number of hydrogen-bond donors (Lipinski definition) is 0. The fourth-order valence-corrected chi connectivity index (χ4v) is 4.37. The maximum absolute atomic E-state index is 13.6. The second-order valence-electron chi connectivity index (χ2n) is 9.54. The molecule has 1 aromatic heterocycles. The Balaban J connectivity index is 1.46. The zero-order valence-corrected chi connectivity index (χ0v) is 20.6. The summed E-state index contributed by atoms with van der Waals surface area (Å²) in [7, 11) is 0. The molecule has 1 saturated heterocycles. The lowest BCUT2D eigenvalue weighted by molar-refractivity contribution is -0.139. The molecule has 0 spiro atoms. The summed E-state index contributed by atoms with van der Waals surface area (Å²) >= 11 is 0. The van der Waals surface area contributed by atoms with Crippen molar-refractivity contribution in [1.82, 2.24) is 19.4 Å². The van der Waals surface area contributed by atoms with E-state index >= 15 is 0 Å². The Morgan fingerprint density at radius 1 is 1.14 bits per heavy atom. The number of carbonyl (C=O) groups is 2. The molecule has 0 N–H and O–H groups in total. The standard InChI is InChI=1S/C27H31FN4O4/c1-19(2)13-31-14-22(36-17-20-6-5-7-21(28)12-20)15-32(16-26(31)34)25(33)10-11-30-18-29-24-9-4-3-8-23(24)27(30)35/h3-9,12,18-19,22H,10-11,13-17H2,1-2H3. The average Bonchev–Trinajstić information content (AvgIpc) is 3.00. The molecule has 2 amide bonds. The van der Waals surface area contributed by atoms with Crippen LogP contribution in [-0.4, -0.2) is 63.4 Å². The van der Waals surface area contributed by atoms with Gasteiger partial charge >= 0.3 is 0 Å². The Morgan fingerprint density at radius 2 is 1.94 bits per heavy atom. The highest BCUT2D eigenvalue weighted by Crippen LogP contribution is 2.15. The van der Waals surface area contributed by atoms with E-state index in [0.29, 0.717) is 29.6 Å². The van der Waals surface area contributed by atoms with Gasteiger partial charge in [-0.25, -0.2) is 9.37 Å². The zero-order chi connectivity index (χ0) is 25.7. The summed E-state index contributed by atoms with van der Waals surface area (Å²) in [6, 6.07) is 13.2. The molecule has 9 heteroatoms. The third kappa shape index (κ3) is 6.34. The normalized spacial score (nSPS) is 16.6. The highest BCUT2D eigenvalue weighted by Gasteiger charge is 2.31. The number of nitrogens with zero attached hydrogens (tertiary/aromatic N) is 4. The van der Waals surface area contributed by atoms with Gasteiger partial charge in [-0.3, -0.25) is 19.0 Å². The van der Waals surface area contributed by atoms with Crippen LogP contribution in [0, 0.1) is 11.7 Å². The molecular weight excluding hydrogens is 463 g/mol. The van der Waals surface area contributed by atoms with Crippen LogP contribution in [0.3, 0.4) is 0 Å². The summed E-state index contributed by atoms with van der Waals surface area (Å²) in [5.74, 6) is -0.469. The third-order valence-corrected chi connectivity index (χ3v) is 6.14. The van der Waals surface area contributed by atoms with Crippen LogP contribution < -0.4 is 5.56 Å². The number of benzene rings is 2. The number of hydrogen-bond acceptors (Lipinski definition) is 5. The van der Waals surface area contributed by atoms with Gasteiger partial charge in [-0.05, 0) is 35.7 Å². The molecule has 8 nitrogen and oxygen atoms in total. The van der Waals surface area contributed by atoms with Gasteiger partial charge in [0.1, 0.15) is 5.82 Å². The lowest BCUT2D eigenvalue weighted by Gasteiger charge is -2.26. The molecule has 1 aliphatic heterocycles. The second kappa shape index (κ2) is 11.4. The molecule has 0 saturated carbocycles. The number of aryl methyl sites for hydroxylation is 1. The third-order valence-electron chi connectivity index (χ3n) is 6.14. The van der Waals surface area contributed by atoms with Gasteiger partial charge in [0.2, 0.25) is 11.8 Å². The van der Waals surface area contributed by atoms with Gasteiger partial charge in [0.25, 0.3) is 5.56 Å². The van der Waals surface area contributed by atoms with Gasteiger partial charge in [0, 0.05) is 32.6 Å². The van der Waals surface area contributed by atoms with Crippen molar-refractivity contribution in [2.45, 2.75) is 39.5 Å². The van der Waals surface area contributed by atoms with Gasteiger partial charge in [-0.15, -0.1) is 0 Å². The Bertz CT molecular complexity index is 1290. The fraction of sp³-hybridized carbons (Fsp3) is 0.407. The molecule has 36 heavy (non-hydrogen) atoms. The van der Waals surface area contributed by atoms with Crippen LogP contribution in [0.1, 0.15) is 25.8 Å². The largest absolute Gasteiger partial charge is 0.370 e. The topological polar surface area (TPSA) is 84.7 Å². The minimum Gasteiger partial charge on any atom is -0.370 e. The fourth-order valence-electron chi connectivity index (χ4n) is 4.37. The monoisotopic (exact) mass is 494 g/mol. The van der Waals surface area contributed by atoms with Crippen molar-refractivity contribution in [3.05, 3.63) is 76.6 Å². The maximum Gasteiger partial charge on any atom is 0.261 e. The summed E-state index contributed by atoms with van der Waals surface area (Å²) in [5.41, 5.74) is 1.08. The van der Waals surface area contributed by atoms with Crippen LogP contribution >= 0.6 is 0 Å². The van der Waals surface area contributed by atoms with Crippen LogP contribution in [0.2, 0.25) is 0 Å². The number of amides is 2. The number of aromatic nitrogens is 2. The van der Waals surface area contributed by atoms with Crippen molar-refractivity contribution >= 4 is 22.7 Å². The van der Waals surface area contributed by atoms with Crippen molar-refractivity contribution in [2.24, 2.45) is 5.92 Å². The number of fused-ring (bicyclic) bond motifs is 1. The molecule has 0 radical (unpaired) electrons. The first kappa shape index (κ1) is 25.5. The number of para-hydroxylation sites is 1. The number of ether oxygens (including phenoxy) is 1. The van der Waals surface area contributed by atoms with E-state index in [1.54, 1.807) is 35.2 Å². The SMILES string of the molecule is CC(C)CN1CC(OCc2cccc(F)c2)CN(C(=O)CCn2cnc3ccccc3c2=O)CC1=O. The number of halogens is 1. The van der Waals surface area contributed by atoms with E-state index in [9.17, 15) is 18.8 Å². The quantitative estimate of drug-likeness (QED) is 0.481. The van der Waals surface area contributed by atoms with E-state index < -0.39 is 6.10 Å². The Labute approximate surface area is 209 Å². The van der Waals surface area contributed by atoms with Gasteiger partial charge in [-0.2, -0.15) is 0 Å². The number of rotatable bonds is 8. The van der Waals surface area contributed by atoms with E-state index in [2.05, 4.69) is 4.98 Å². The Morgan fingerprint density at radius 3 is 2.72 bits per heavy atom. The average molecular weight is 495 g/mol. The highest BCUT2D eigenvalue weighted by atomic mass is 19.1. The van der Waals surface area contributed by atoms with Gasteiger partial charge in [-0.1, -0.05) is 38.1 Å². The van der Waals surface area contributed by atoms with Gasteiger partial charge in [0.05, 0.1) is 36.5 Å². The van der Waals surface area contributed by atoms with Crippen molar-refractivity contribution in [1.29, 1.82) is 0 Å². The smallest absolute Gasteiger partial charge is 0.261 e. The molecule has 1 fully saturated rings. The molecule has 3 aromatic rings. The van der Waals surface area contributed by atoms with Crippen molar-refractivity contribution in [3.63, 3.8) is 0 Å². The first-order chi connectivity index (χ1) is 17.3. The van der Waals surface area contributed by atoms with E-state index in [1.165, 1.54) is 27.9 Å². The van der Waals surface area contributed by atoms with Gasteiger partial charge in [0.15, 0.2) is 0 Å². The second-order valence-corrected chi connectivity index (χ2v) is 9.54. The van der Waals surface area contributed by atoms with Crippen LogP contribution in [0.25, 0.3) is 10.9 Å². The van der Waals surface area contributed by atoms with E-state index in [0.717, 1.165) is 0 Å². The Hall–Kier alpha value is -3.59. The first-order valence-corrected chi connectivity index (χ1v) is 12.2. The predicted molar refractivity (Wildman–Crippen MR) is 134 cm³/mol. The molecule has 190 valence electrons. The van der Waals surface area contributed by atoms with Crippen molar-refractivity contribution in [3.8, 4) is 0 Å². The lowest BCUT2D eigenvalue weighted by Crippen LogP contribution is -2.41. The van der Waals surface area contributed by atoms with Crippen LogP contribution in [0.5, 0.6) is 0 Å². The molecule has 0 bridgehead atoms. The molecular formula is C27H31FN4O4. The minimum atomic E-state index is -0.424. The van der Waals surface area contributed by atoms with E-state index in [-0.39, 0.29) is 61.8 Å². The van der Waals surface area contributed by atoms with Gasteiger partial charge < -0.3 is 14.5 Å². The van der Waals surface area contributed by atoms with E-state index in [1.807, 2.05) is 19.9 Å². The number of carbonyl (C=O) groups excluding carboxylic acids is 2. The van der Waals surface area contributed by atoms with Crippen LogP contribution in [0.4, 0.5) is 4.39 Å². The molecule has 1 atom stereocenters. The van der Waals surface area contributed by atoms with Crippen molar-refractivity contribution in [2.75, 3.05) is 26.2 Å². The molecule has 1 unspecified atom stereocenters. The lowest BCUT2D eigenvalue weighted by atomic mass is 10.2. The molecule has 2 aromatic carbocycles. The van der Waals surface area contributed by atoms with Crippen LogP contribution in [0.15, 0.2) is 59.7 Å². The first-order valence-electron chi connectivity index (χ1n) is 12.2. The molecule has 2 heterocycles. The summed E-state index contributed by atoms with van der Waals surface area (Å²) in [6.45, 7) is 5.48. The van der Waals surface area contributed by atoms with E-state index in [4.69, 9.17) is 4.74 Å². The molecule has 0 aliphatic carbocycles. The summed E-state index contributed by atoms with van der Waals surface area (Å²) < 4.78 is 21.0. The molecule has 4 rings (SSSR count). The summed E-state index contributed by atoms with van der Waals surface area (Å²) in [4.78, 5) is 46.4. The minimum absolute atomic E-state index is 0.0454. The zero-order valence-electron chi connectivity index (χ0n) is 20.6. The maximum atomic E-state index is 13.6. The Kier molecular flexibility index (Phi) is 8.10.